The molecule has 0 aliphatic carbocycles. The lowest BCUT2D eigenvalue weighted by Gasteiger charge is -2.02. The summed E-state index contributed by atoms with van der Waals surface area (Å²) >= 11 is 1.60. The maximum atomic E-state index is 8.88. The van der Waals surface area contributed by atoms with Crippen LogP contribution in [0.4, 0.5) is 0 Å². The fourth-order valence-corrected chi connectivity index (χ4v) is 3.11. The van der Waals surface area contributed by atoms with Crippen LogP contribution >= 0.6 is 23.7 Å². The molecule has 0 aliphatic heterocycles. The van der Waals surface area contributed by atoms with Gasteiger partial charge < -0.3 is 0 Å². The van der Waals surface area contributed by atoms with Crippen molar-refractivity contribution in [2.24, 2.45) is 0 Å². The van der Waals surface area contributed by atoms with Crippen LogP contribution in [0.25, 0.3) is 21.7 Å². The van der Waals surface area contributed by atoms with Crippen LogP contribution in [0.1, 0.15) is 5.01 Å². The Hall–Kier alpha value is -2.15. The van der Waals surface area contributed by atoms with Gasteiger partial charge in [-0.15, -0.1) is 23.7 Å². The summed E-state index contributed by atoms with van der Waals surface area (Å²) in [5.74, 6) is 0. The number of hydrogen-bond acceptors (Lipinski definition) is 3. The number of benzene rings is 2. The molecular weight excluding hydrogens is 300 g/mol. The van der Waals surface area contributed by atoms with Gasteiger partial charge in [-0.05, 0) is 5.56 Å². The van der Waals surface area contributed by atoms with Crippen molar-refractivity contribution in [2.75, 3.05) is 0 Å². The average molecular weight is 313 g/mol. The van der Waals surface area contributed by atoms with Crippen LogP contribution in [-0.2, 0) is 6.42 Å². The quantitative estimate of drug-likeness (QED) is 0.685. The molecule has 104 valence electrons. The minimum atomic E-state index is 0. The molecule has 0 saturated carbocycles. The third-order valence-electron chi connectivity index (χ3n) is 2.98. The lowest BCUT2D eigenvalue weighted by atomic mass is 10.1. The number of nitriles is 1. The molecule has 1 aromatic heterocycles. The molecule has 0 spiro atoms. The Kier molecular flexibility index (Phi) is 5.10. The number of rotatable bonds is 3. The largest absolute Gasteiger partial charge is 0.239 e. The highest BCUT2D eigenvalue weighted by atomic mass is 35.5. The minimum Gasteiger partial charge on any atom is -0.239 e. The van der Waals surface area contributed by atoms with Gasteiger partial charge in [0, 0.05) is 5.56 Å². The lowest BCUT2D eigenvalue weighted by Crippen LogP contribution is -1.83. The average Bonchev–Trinajstić information content (AvgIpc) is 2.93. The van der Waals surface area contributed by atoms with Crippen molar-refractivity contribution in [2.45, 2.75) is 6.42 Å². The van der Waals surface area contributed by atoms with E-state index in [2.05, 4.69) is 35.3 Å². The first-order valence-electron chi connectivity index (χ1n) is 6.36. The van der Waals surface area contributed by atoms with Gasteiger partial charge >= 0.3 is 0 Å². The molecule has 0 atom stereocenters. The normalized spacial score (nSPS) is 9.67. The van der Waals surface area contributed by atoms with E-state index < -0.39 is 0 Å². The predicted molar refractivity (Wildman–Crippen MR) is 89.6 cm³/mol. The SMILES string of the molecule is Cl.N#CCc1nc(-c2ccccc2)c(-c2ccccc2)s1. The molecule has 0 unspecified atom stereocenters. The monoisotopic (exact) mass is 312 g/mol. The lowest BCUT2D eigenvalue weighted by molar-refractivity contribution is 1.19. The molecule has 2 aromatic carbocycles. The number of thiazole rings is 1. The topological polar surface area (TPSA) is 36.7 Å². The zero-order valence-electron chi connectivity index (χ0n) is 11.2. The smallest absolute Gasteiger partial charge is 0.108 e. The Labute approximate surface area is 134 Å². The third-order valence-corrected chi connectivity index (χ3v) is 4.09. The Morgan fingerprint density at radius 3 is 2.05 bits per heavy atom. The second-order valence-electron chi connectivity index (χ2n) is 4.35. The van der Waals surface area contributed by atoms with Gasteiger partial charge in [0.1, 0.15) is 5.01 Å². The van der Waals surface area contributed by atoms with Crippen LogP contribution < -0.4 is 0 Å². The van der Waals surface area contributed by atoms with Crippen molar-refractivity contribution < 1.29 is 0 Å². The van der Waals surface area contributed by atoms with E-state index >= 15 is 0 Å². The van der Waals surface area contributed by atoms with Gasteiger partial charge in [-0.1, -0.05) is 60.7 Å². The molecular formula is C17H13ClN2S. The molecule has 0 bridgehead atoms. The number of aromatic nitrogens is 1. The Balaban J connectivity index is 0.00000161. The maximum Gasteiger partial charge on any atom is 0.108 e. The van der Waals surface area contributed by atoms with Crippen molar-refractivity contribution in [3.63, 3.8) is 0 Å². The van der Waals surface area contributed by atoms with Gasteiger partial charge in [-0.3, -0.25) is 0 Å². The first kappa shape index (κ1) is 15.2. The van der Waals surface area contributed by atoms with E-state index in [1.165, 1.54) is 0 Å². The van der Waals surface area contributed by atoms with E-state index in [0.29, 0.717) is 6.42 Å². The van der Waals surface area contributed by atoms with Gasteiger partial charge in [0.2, 0.25) is 0 Å². The van der Waals surface area contributed by atoms with Crippen LogP contribution in [0.3, 0.4) is 0 Å². The summed E-state index contributed by atoms with van der Waals surface area (Å²) in [4.78, 5) is 5.77. The Bertz CT molecular complexity index is 688. The molecule has 0 saturated heterocycles. The Morgan fingerprint density at radius 1 is 0.905 bits per heavy atom. The molecule has 0 N–H and O–H groups in total. The van der Waals surface area contributed by atoms with Crippen molar-refractivity contribution in [3.05, 3.63) is 65.7 Å². The summed E-state index contributed by atoms with van der Waals surface area (Å²) in [5.41, 5.74) is 3.20. The van der Waals surface area contributed by atoms with E-state index in [1.54, 1.807) is 11.3 Å². The van der Waals surface area contributed by atoms with Gasteiger partial charge in [-0.2, -0.15) is 5.26 Å². The van der Waals surface area contributed by atoms with Crippen LogP contribution in [0.5, 0.6) is 0 Å². The molecule has 4 heteroatoms. The fourth-order valence-electron chi connectivity index (χ4n) is 2.08. The van der Waals surface area contributed by atoms with Crippen molar-refractivity contribution in [3.8, 4) is 27.8 Å². The van der Waals surface area contributed by atoms with E-state index in [1.807, 2.05) is 36.4 Å². The summed E-state index contributed by atoms with van der Waals surface area (Å²) < 4.78 is 0. The summed E-state index contributed by atoms with van der Waals surface area (Å²) in [6.07, 6.45) is 0.358. The van der Waals surface area contributed by atoms with Crippen LogP contribution in [0.15, 0.2) is 60.7 Å². The van der Waals surface area contributed by atoms with Crippen molar-refractivity contribution >= 4 is 23.7 Å². The number of halogens is 1. The summed E-state index contributed by atoms with van der Waals surface area (Å²) in [7, 11) is 0. The highest BCUT2D eigenvalue weighted by molar-refractivity contribution is 7.15. The fraction of sp³-hybridized carbons (Fsp3) is 0.0588. The van der Waals surface area contributed by atoms with Gasteiger partial charge in [0.15, 0.2) is 0 Å². The third kappa shape index (κ3) is 3.30. The molecule has 0 aliphatic rings. The summed E-state index contributed by atoms with van der Waals surface area (Å²) in [6.45, 7) is 0. The zero-order valence-corrected chi connectivity index (χ0v) is 12.8. The van der Waals surface area contributed by atoms with Crippen molar-refractivity contribution in [1.29, 1.82) is 5.26 Å². The van der Waals surface area contributed by atoms with Crippen LogP contribution in [0, 0.1) is 11.3 Å². The van der Waals surface area contributed by atoms with E-state index in [0.717, 1.165) is 26.7 Å². The molecule has 21 heavy (non-hydrogen) atoms. The minimum absolute atomic E-state index is 0. The van der Waals surface area contributed by atoms with E-state index in [9.17, 15) is 0 Å². The summed E-state index contributed by atoms with van der Waals surface area (Å²) in [5, 5.41) is 9.74. The second-order valence-corrected chi connectivity index (χ2v) is 5.44. The Morgan fingerprint density at radius 2 is 1.48 bits per heavy atom. The molecule has 2 nitrogen and oxygen atoms in total. The molecule has 0 amide bonds. The molecule has 3 rings (SSSR count). The second kappa shape index (κ2) is 7.03. The first-order valence-corrected chi connectivity index (χ1v) is 7.17. The number of hydrogen-bond donors (Lipinski definition) is 0. The highest BCUT2D eigenvalue weighted by Gasteiger charge is 2.14. The van der Waals surface area contributed by atoms with Gasteiger partial charge in [0.25, 0.3) is 0 Å². The molecule has 0 fully saturated rings. The van der Waals surface area contributed by atoms with Crippen LogP contribution in [-0.4, -0.2) is 4.98 Å². The van der Waals surface area contributed by atoms with E-state index in [-0.39, 0.29) is 12.4 Å². The molecule has 0 radical (unpaired) electrons. The maximum absolute atomic E-state index is 8.88. The highest BCUT2D eigenvalue weighted by Crippen LogP contribution is 2.36. The van der Waals surface area contributed by atoms with Gasteiger partial charge in [0.05, 0.1) is 23.1 Å². The molecule has 1 heterocycles. The zero-order chi connectivity index (χ0) is 13.8. The first-order chi connectivity index (χ1) is 9.88. The van der Waals surface area contributed by atoms with Crippen molar-refractivity contribution in [1.82, 2.24) is 4.98 Å². The van der Waals surface area contributed by atoms with Gasteiger partial charge in [-0.25, -0.2) is 4.98 Å². The summed E-state index contributed by atoms with van der Waals surface area (Å²) in [6, 6.07) is 22.5. The molecule has 3 aromatic rings. The standard InChI is InChI=1S/C17H12N2S.ClH/c18-12-11-15-19-16(13-7-3-1-4-8-13)17(20-15)14-9-5-2-6-10-14;/h1-10H,11H2;1H. The van der Waals surface area contributed by atoms with E-state index in [4.69, 9.17) is 5.26 Å². The number of nitrogens with zero attached hydrogens (tertiary/aromatic N) is 2. The predicted octanol–water partition coefficient (Wildman–Crippen LogP) is 4.96. The van der Waals surface area contributed by atoms with Crippen LogP contribution in [0.2, 0.25) is 0 Å².